The van der Waals surface area contributed by atoms with Crippen molar-refractivity contribution in [2.24, 2.45) is 11.8 Å². The van der Waals surface area contributed by atoms with Crippen molar-refractivity contribution in [3.8, 4) is 0 Å². The fourth-order valence-electron chi connectivity index (χ4n) is 2.87. The number of methoxy groups -OCH3 is 1. The Morgan fingerprint density at radius 2 is 2.23 bits per heavy atom. The van der Waals surface area contributed by atoms with Crippen LogP contribution in [0.2, 0.25) is 0 Å². The van der Waals surface area contributed by atoms with Crippen LogP contribution in [0, 0.1) is 11.8 Å². The molecule has 74 valence electrons. The zero-order valence-electron chi connectivity index (χ0n) is 8.12. The molecule has 3 nitrogen and oxygen atoms in total. The molecule has 3 saturated carbocycles. The van der Waals surface area contributed by atoms with Gasteiger partial charge in [0.1, 0.15) is 5.60 Å². The van der Waals surface area contributed by atoms with Crippen LogP contribution in [0.15, 0.2) is 0 Å². The minimum absolute atomic E-state index is 0.171. The molecule has 1 N–H and O–H groups in total. The third-order valence-electron chi connectivity index (χ3n) is 3.74. The van der Waals surface area contributed by atoms with Gasteiger partial charge < -0.3 is 9.84 Å². The summed E-state index contributed by atoms with van der Waals surface area (Å²) in [5.74, 6) is 0.759. The SMILES string of the molecule is CO[C@]12C[C@H](C)C(CC1=O)[C@@H](O)C2. The maximum atomic E-state index is 11.7. The molecule has 0 amide bonds. The van der Waals surface area contributed by atoms with E-state index in [1.54, 1.807) is 7.11 Å². The van der Waals surface area contributed by atoms with E-state index in [9.17, 15) is 9.90 Å². The molecule has 1 unspecified atom stereocenters. The van der Waals surface area contributed by atoms with E-state index in [1.165, 1.54) is 0 Å². The van der Waals surface area contributed by atoms with Crippen molar-refractivity contribution < 1.29 is 14.6 Å². The molecule has 0 aliphatic heterocycles. The molecule has 0 spiro atoms. The van der Waals surface area contributed by atoms with E-state index in [0.717, 1.165) is 6.42 Å². The van der Waals surface area contributed by atoms with Crippen molar-refractivity contribution >= 4 is 5.78 Å². The average Bonchev–Trinajstić information content (AvgIpc) is 2.09. The van der Waals surface area contributed by atoms with E-state index in [2.05, 4.69) is 6.92 Å². The van der Waals surface area contributed by atoms with Crippen LogP contribution in [0.4, 0.5) is 0 Å². The molecule has 0 aromatic heterocycles. The molecule has 3 heteroatoms. The Balaban J connectivity index is 2.30. The van der Waals surface area contributed by atoms with Gasteiger partial charge in [-0.25, -0.2) is 0 Å². The van der Waals surface area contributed by atoms with E-state index in [0.29, 0.717) is 18.8 Å². The lowest BCUT2D eigenvalue weighted by atomic mass is 9.60. The van der Waals surface area contributed by atoms with Gasteiger partial charge in [0.2, 0.25) is 0 Å². The zero-order chi connectivity index (χ0) is 9.64. The lowest BCUT2D eigenvalue weighted by molar-refractivity contribution is -0.177. The minimum Gasteiger partial charge on any atom is -0.393 e. The van der Waals surface area contributed by atoms with Gasteiger partial charge in [-0.1, -0.05) is 6.92 Å². The number of rotatable bonds is 1. The Morgan fingerprint density at radius 3 is 2.77 bits per heavy atom. The van der Waals surface area contributed by atoms with Crippen LogP contribution in [-0.4, -0.2) is 29.7 Å². The number of carbonyl (C=O) groups is 1. The third kappa shape index (κ3) is 1.14. The van der Waals surface area contributed by atoms with Crippen molar-refractivity contribution in [2.75, 3.05) is 7.11 Å². The number of ether oxygens (including phenoxy) is 1. The van der Waals surface area contributed by atoms with Gasteiger partial charge in [0.15, 0.2) is 5.78 Å². The van der Waals surface area contributed by atoms with Crippen LogP contribution >= 0.6 is 0 Å². The van der Waals surface area contributed by atoms with E-state index in [1.807, 2.05) is 0 Å². The second-order valence-corrected chi connectivity index (χ2v) is 4.44. The summed E-state index contributed by atoms with van der Waals surface area (Å²) < 4.78 is 5.31. The largest absolute Gasteiger partial charge is 0.393 e. The average molecular weight is 184 g/mol. The molecule has 4 atom stereocenters. The predicted molar refractivity (Wildman–Crippen MR) is 47.3 cm³/mol. The lowest BCUT2D eigenvalue weighted by Gasteiger charge is -2.50. The van der Waals surface area contributed by atoms with Gasteiger partial charge in [0.25, 0.3) is 0 Å². The number of hydrogen-bond acceptors (Lipinski definition) is 3. The van der Waals surface area contributed by atoms with Gasteiger partial charge >= 0.3 is 0 Å². The summed E-state index contributed by atoms with van der Waals surface area (Å²) in [6.07, 6.45) is 1.43. The molecule has 13 heavy (non-hydrogen) atoms. The van der Waals surface area contributed by atoms with E-state index in [-0.39, 0.29) is 17.8 Å². The van der Waals surface area contributed by atoms with Gasteiger partial charge in [0.05, 0.1) is 6.10 Å². The number of hydrogen-bond donors (Lipinski definition) is 1. The number of aliphatic hydroxyl groups excluding tert-OH is 1. The molecule has 3 aliphatic carbocycles. The molecule has 0 radical (unpaired) electrons. The van der Waals surface area contributed by atoms with Crippen molar-refractivity contribution in [1.82, 2.24) is 0 Å². The second kappa shape index (κ2) is 2.79. The van der Waals surface area contributed by atoms with Crippen molar-refractivity contribution in [1.29, 1.82) is 0 Å². The highest BCUT2D eigenvalue weighted by Gasteiger charge is 2.54. The molecule has 0 heterocycles. The highest BCUT2D eigenvalue weighted by Crippen LogP contribution is 2.47. The van der Waals surface area contributed by atoms with Crippen LogP contribution in [-0.2, 0) is 9.53 Å². The number of ketones is 1. The molecule has 3 aliphatic rings. The van der Waals surface area contributed by atoms with E-state index >= 15 is 0 Å². The highest BCUT2D eigenvalue weighted by molar-refractivity contribution is 5.89. The van der Waals surface area contributed by atoms with E-state index in [4.69, 9.17) is 4.74 Å². The van der Waals surface area contributed by atoms with Crippen LogP contribution in [0.1, 0.15) is 26.2 Å². The second-order valence-electron chi connectivity index (χ2n) is 4.44. The summed E-state index contributed by atoms with van der Waals surface area (Å²) in [4.78, 5) is 11.7. The fraction of sp³-hybridized carbons (Fsp3) is 0.900. The van der Waals surface area contributed by atoms with Crippen LogP contribution in [0.3, 0.4) is 0 Å². The summed E-state index contributed by atoms with van der Waals surface area (Å²) in [5.41, 5.74) is -0.659. The molecule has 0 aromatic rings. The van der Waals surface area contributed by atoms with Crippen molar-refractivity contribution in [2.45, 2.75) is 37.9 Å². The molecule has 3 rings (SSSR count). The summed E-state index contributed by atoms with van der Waals surface area (Å²) in [6.45, 7) is 2.09. The minimum atomic E-state index is -0.659. The third-order valence-corrected chi connectivity index (χ3v) is 3.74. The van der Waals surface area contributed by atoms with Gasteiger partial charge in [-0.05, 0) is 18.3 Å². The summed E-state index contributed by atoms with van der Waals surface area (Å²) in [5, 5.41) is 9.75. The summed E-state index contributed by atoms with van der Waals surface area (Å²) in [7, 11) is 1.57. The van der Waals surface area contributed by atoms with Gasteiger partial charge in [-0.15, -0.1) is 0 Å². The van der Waals surface area contributed by atoms with Crippen LogP contribution in [0.5, 0.6) is 0 Å². The first-order valence-electron chi connectivity index (χ1n) is 4.85. The van der Waals surface area contributed by atoms with Gasteiger partial charge in [0, 0.05) is 20.0 Å². The first-order valence-corrected chi connectivity index (χ1v) is 4.85. The maximum absolute atomic E-state index is 11.7. The number of aliphatic hydroxyl groups is 1. The Hall–Kier alpha value is -0.410. The molecule has 2 bridgehead atoms. The normalized spacial score (nSPS) is 49.8. The molecule has 3 fully saturated rings. The zero-order valence-corrected chi connectivity index (χ0v) is 8.12. The predicted octanol–water partition coefficient (Wildman–Crippen LogP) is 0.751. The number of carbonyl (C=O) groups excluding carboxylic acids is 1. The summed E-state index contributed by atoms with van der Waals surface area (Å²) >= 11 is 0. The Kier molecular flexibility index (Phi) is 1.96. The van der Waals surface area contributed by atoms with Gasteiger partial charge in [-0.2, -0.15) is 0 Å². The number of fused-ring (bicyclic) bond motifs is 3. The molecule has 0 aromatic carbocycles. The van der Waals surface area contributed by atoms with Crippen molar-refractivity contribution in [3.63, 3.8) is 0 Å². The fourth-order valence-corrected chi connectivity index (χ4v) is 2.87. The lowest BCUT2D eigenvalue weighted by Crippen LogP contribution is -2.58. The number of Topliss-reactive ketones (excluding diaryl/α,β-unsaturated/α-hetero) is 1. The molecular formula is C10H16O3. The standard InChI is InChI=1S/C10H16O3/c1-6-4-10(13-2)5-8(11)7(6)3-9(10)12/h6-8,11H,3-5H2,1-2H3/t6-,7?,8-,10-/m0/s1. The first-order chi connectivity index (χ1) is 6.09. The van der Waals surface area contributed by atoms with Crippen LogP contribution in [0.25, 0.3) is 0 Å². The molecular weight excluding hydrogens is 168 g/mol. The summed E-state index contributed by atoms with van der Waals surface area (Å²) in [6, 6.07) is 0. The topological polar surface area (TPSA) is 46.5 Å². The van der Waals surface area contributed by atoms with Gasteiger partial charge in [-0.3, -0.25) is 4.79 Å². The van der Waals surface area contributed by atoms with Crippen molar-refractivity contribution in [3.05, 3.63) is 0 Å². The quantitative estimate of drug-likeness (QED) is 0.654. The molecule has 0 saturated heterocycles. The Morgan fingerprint density at radius 1 is 1.54 bits per heavy atom. The smallest absolute Gasteiger partial charge is 0.165 e. The maximum Gasteiger partial charge on any atom is 0.165 e. The Bertz CT molecular complexity index is 224. The first kappa shape index (κ1) is 9.16. The Labute approximate surface area is 78.1 Å². The van der Waals surface area contributed by atoms with E-state index < -0.39 is 5.60 Å². The highest BCUT2D eigenvalue weighted by atomic mass is 16.5. The van der Waals surface area contributed by atoms with Crippen LogP contribution < -0.4 is 0 Å². The monoisotopic (exact) mass is 184 g/mol.